The summed E-state index contributed by atoms with van der Waals surface area (Å²) in [4.78, 5) is 13.8. The molecule has 0 saturated heterocycles. The van der Waals surface area contributed by atoms with Crippen molar-refractivity contribution in [2.75, 3.05) is 38.0 Å². The van der Waals surface area contributed by atoms with E-state index in [-0.39, 0.29) is 43.3 Å². The predicted octanol–water partition coefficient (Wildman–Crippen LogP) is 8.38. The molecule has 47 heavy (non-hydrogen) atoms. The maximum Gasteiger partial charge on any atom is 2.00 e. The maximum atomic E-state index is 15.9. The van der Waals surface area contributed by atoms with E-state index >= 15 is 17.6 Å². The van der Waals surface area contributed by atoms with Crippen LogP contribution in [0.15, 0.2) is 36.4 Å². The molecule has 0 spiro atoms. The summed E-state index contributed by atoms with van der Waals surface area (Å²) in [6.45, 7) is 14.5. The SMILES string of the molecule is CN(C)c1cc2nc(c1)C(C)(C)c1[c-]c(c(F)cc1F)C(C)(C)c1cc(N(C)C)cc(n1)C(C)(C)c1[c-]c(c(F)cc1F)C2(C)C.[Pt+2]. The molecular weight excluding hydrogens is 784 g/mol. The van der Waals surface area contributed by atoms with E-state index in [2.05, 4.69) is 12.1 Å². The summed E-state index contributed by atoms with van der Waals surface area (Å²) < 4.78 is 63.5. The van der Waals surface area contributed by atoms with Crippen molar-refractivity contribution in [2.45, 2.75) is 77.0 Å². The second kappa shape index (κ2) is 12.0. The van der Waals surface area contributed by atoms with Gasteiger partial charge in [0.25, 0.3) is 0 Å². The van der Waals surface area contributed by atoms with Gasteiger partial charge in [-0.1, -0.05) is 55.4 Å². The first kappa shape index (κ1) is 36.6. The van der Waals surface area contributed by atoms with Crippen LogP contribution in [0.25, 0.3) is 0 Å². The van der Waals surface area contributed by atoms with E-state index in [1.165, 1.54) is 0 Å². The fourth-order valence-corrected chi connectivity index (χ4v) is 6.16. The van der Waals surface area contributed by atoms with Gasteiger partial charge in [0.15, 0.2) is 0 Å². The molecule has 9 heteroatoms. The van der Waals surface area contributed by atoms with Gasteiger partial charge in [-0.15, -0.1) is 34.4 Å². The standard InChI is InChI=1S/C38H42F4N4.Pt/c1-35(2)23-17-24(28(40)19-27(23)39)36(3,4)33-15-22(46(11)12)16-34(44-33)38(7,8)26-18-25(29(41)20-30(26)42)37(5,6)32-14-21(45(9)10)13-31(35)43-32;/h13-16,19-20H,1-12H3;/q-2;+2. The van der Waals surface area contributed by atoms with Crippen molar-refractivity contribution in [2.24, 2.45) is 0 Å². The van der Waals surface area contributed by atoms with Gasteiger partial charge in [-0.25, -0.2) is 0 Å². The van der Waals surface area contributed by atoms with Gasteiger partial charge >= 0.3 is 21.1 Å². The first-order chi connectivity index (χ1) is 21.1. The van der Waals surface area contributed by atoms with Gasteiger partial charge in [0.2, 0.25) is 0 Å². The van der Waals surface area contributed by atoms with Gasteiger partial charge in [0.1, 0.15) is 0 Å². The summed E-state index contributed by atoms with van der Waals surface area (Å²) in [5.41, 5.74) is -0.387. The quantitative estimate of drug-likeness (QED) is 0.150. The van der Waals surface area contributed by atoms with Crippen molar-refractivity contribution in [3.8, 4) is 0 Å². The number of nitrogens with zero attached hydrogens (tertiary/aromatic N) is 4. The summed E-state index contributed by atoms with van der Waals surface area (Å²) in [7, 11) is 7.48. The summed E-state index contributed by atoms with van der Waals surface area (Å²) in [5, 5.41) is 0. The molecule has 3 heterocycles. The molecule has 1 aliphatic rings. The number of pyridine rings is 2. The monoisotopic (exact) mass is 825 g/mol. The number of anilines is 2. The summed E-state index contributed by atoms with van der Waals surface area (Å²) in [6.07, 6.45) is 0. The molecule has 4 nitrogen and oxygen atoms in total. The van der Waals surface area contributed by atoms with Crippen molar-refractivity contribution >= 4 is 11.4 Å². The molecule has 8 bridgehead atoms. The zero-order valence-electron chi connectivity index (χ0n) is 29.1. The summed E-state index contributed by atoms with van der Waals surface area (Å²) >= 11 is 0. The Hall–Kier alpha value is -3.25. The van der Waals surface area contributed by atoms with Crippen molar-refractivity contribution in [1.82, 2.24) is 9.97 Å². The molecule has 0 atom stereocenters. The Balaban J connectivity index is 0.00000500. The van der Waals surface area contributed by atoms with Gasteiger partial charge in [-0.2, -0.15) is 12.1 Å². The molecule has 0 N–H and O–H groups in total. The van der Waals surface area contributed by atoms with Crippen LogP contribution in [0.1, 0.15) is 100 Å². The van der Waals surface area contributed by atoms with Crippen LogP contribution >= 0.6 is 0 Å². The number of aromatic nitrogens is 2. The van der Waals surface area contributed by atoms with Crippen LogP contribution in [0.5, 0.6) is 0 Å². The Bertz CT molecular complexity index is 1620. The minimum absolute atomic E-state index is 0. The summed E-state index contributed by atoms with van der Waals surface area (Å²) in [6, 6.07) is 15.5. The largest absolute Gasteiger partial charge is 2.00 e. The van der Waals surface area contributed by atoms with Gasteiger partial charge in [0, 0.05) is 84.5 Å². The van der Waals surface area contributed by atoms with E-state index in [0.717, 1.165) is 23.5 Å². The third kappa shape index (κ3) is 6.00. The fourth-order valence-electron chi connectivity index (χ4n) is 6.16. The number of halogens is 4. The number of rotatable bonds is 2. The first-order valence-electron chi connectivity index (χ1n) is 15.4. The van der Waals surface area contributed by atoms with Crippen LogP contribution in [0.4, 0.5) is 28.9 Å². The van der Waals surface area contributed by atoms with Crippen LogP contribution in [0, 0.1) is 35.4 Å². The van der Waals surface area contributed by atoms with E-state index < -0.39 is 44.9 Å². The Kier molecular flexibility index (Phi) is 9.35. The molecule has 2 aromatic heterocycles. The molecule has 0 aliphatic carbocycles. The van der Waals surface area contributed by atoms with Crippen LogP contribution in [-0.4, -0.2) is 38.2 Å². The van der Waals surface area contributed by atoms with E-state index in [1.807, 2.05) is 118 Å². The average Bonchev–Trinajstić information content (AvgIpc) is 2.95. The number of fused-ring (bicyclic) bond motifs is 8. The van der Waals surface area contributed by atoms with Crippen molar-refractivity contribution in [3.63, 3.8) is 0 Å². The molecule has 5 rings (SSSR count). The molecule has 0 unspecified atom stereocenters. The number of benzene rings is 2. The topological polar surface area (TPSA) is 32.3 Å². The van der Waals surface area contributed by atoms with E-state index in [0.29, 0.717) is 22.8 Å². The Morgan fingerprint density at radius 2 is 0.660 bits per heavy atom. The zero-order valence-corrected chi connectivity index (χ0v) is 31.4. The van der Waals surface area contributed by atoms with Gasteiger partial charge in [-0.05, 0) is 24.3 Å². The minimum atomic E-state index is -1.10. The fraction of sp³-hybridized carbons (Fsp3) is 0.421. The van der Waals surface area contributed by atoms with Crippen LogP contribution in [0.2, 0.25) is 0 Å². The third-order valence-electron chi connectivity index (χ3n) is 9.68. The second-order valence-corrected chi connectivity index (χ2v) is 14.9. The minimum Gasteiger partial charge on any atom is -0.378 e. The zero-order chi connectivity index (χ0) is 34.3. The normalized spacial score (nSPS) is 17.0. The van der Waals surface area contributed by atoms with Crippen LogP contribution in [-0.2, 0) is 42.7 Å². The third-order valence-corrected chi connectivity index (χ3v) is 9.68. The molecule has 0 fully saturated rings. The molecule has 0 amide bonds. The molecule has 252 valence electrons. The molecule has 2 aromatic carbocycles. The molecule has 0 saturated carbocycles. The van der Waals surface area contributed by atoms with Crippen LogP contribution in [0.3, 0.4) is 0 Å². The Morgan fingerprint density at radius 1 is 0.447 bits per heavy atom. The van der Waals surface area contributed by atoms with Gasteiger partial charge in [-0.3, -0.25) is 27.5 Å². The number of hydrogen-bond donors (Lipinski definition) is 0. The average molecular weight is 826 g/mol. The van der Waals surface area contributed by atoms with Gasteiger partial charge in [0.05, 0.1) is 22.8 Å². The molecule has 1 aliphatic heterocycles. The Labute approximate surface area is 290 Å². The summed E-state index contributed by atoms with van der Waals surface area (Å²) in [5.74, 6) is -3.00. The van der Waals surface area contributed by atoms with Crippen molar-refractivity contribution in [1.29, 1.82) is 0 Å². The smallest absolute Gasteiger partial charge is 0.378 e. The van der Waals surface area contributed by atoms with Gasteiger partial charge < -0.3 is 9.80 Å². The molecule has 0 radical (unpaired) electrons. The van der Waals surface area contributed by atoms with E-state index in [4.69, 9.17) is 9.97 Å². The predicted molar refractivity (Wildman–Crippen MR) is 176 cm³/mol. The second-order valence-electron chi connectivity index (χ2n) is 14.9. The Morgan fingerprint density at radius 3 is 0.851 bits per heavy atom. The van der Waals surface area contributed by atoms with E-state index in [9.17, 15) is 0 Å². The maximum absolute atomic E-state index is 15.9. The van der Waals surface area contributed by atoms with Crippen molar-refractivity contribution < 1.29 is 38.6 Å². The number of hydrogen-bond acceptors (Lipinski definition) is 4. The molecule has 4 aromatic rings. The van der Waals surface area contributed by atoms with Crippen LogP contribution < -0.4 is 9.80 Å². The first-order valence-corrected chi connectivity index (χ1v) is 15.4. The van der Waals surface area contributed by atoms with Crippen molar-refractivity contribution in [3.05, 3.63) is 117 Å². The molecular formula is C38H42F4N4Pt. The van der Waals surface area contributed by atoms with E-state index in [1.54, 1.807) is 0 Å².